The van der Waals surface area contributed by atoms with E-state index < -0.39 is 10.0 Å². The first kappa shape index (κ1) is 15.3. The largest absolute Gasteiger partial charge is 0.243 e. The minimum absolute atomic E-state index is 0.00463. The van der Waals surface area contributed by atoms with Gasteiger partial charge in [-0.25, -0.2) is 8.42 Å². The Balaban J connectivity index is 2.00. The number of alkyl halides is 1. The molecule has 3 atom stereocenters. The van der Waals surface area contributed by atoms with Crippen LogP contribution in [0.5, 0.6) is 0 Å². The van der Waals surface area contributed by atoms with Gasteiger partial charge in [-0.15, -0.1) is 0 Å². The fourth-order valence-corrected chi connectivity index (χ4v) is 6.10. The van der Waals surface area contributed by atoms with Gasteiger partial charge in [-0.1, -0.05) is 52.2 Å². The number of fused-ring (bicyclic) bond motifs is 2. The van der Waals surface area contributed by atoms with Crippen molar-refractivity contribution in [3.05, 3.63) is 41.5 Å². The lowest BCUT2D eigenvalue weighted by Crippen LogP contribution is -2.39. The van der Waals surface area contributed by atoms with Crippen molar-refractivity contribution in [3.63, 3.8) is 0 Å². The van der Waals surface area contributed by atoms with Gasteiger partial charge in [-0.05, 0) is 32.4 Å². The summed E-state index contributed by atoms with van der Waals surface area (Å²) >= 11 is 3.64. The number of nitrogens with zero attached hydrogens (tertiary/aromatic N) is 1. The molecule has 1 aromatic carbocycles. The summed E-state index contributed by atoms with van der Waals surface area (Å²) in [6.07, 6.45) is 3.05. The summed E-state index contributed by atoms with van der Waals surface area (Å²) in [5.41, 5.74) is 2.31. The minimum Gasteiger partial charge on any atom is -0.207 e. The lowest BCUT2D eigenvalue weighted by atomic mass is 9.76. The van der Waals surface area contributed by atoms with E-state index in [1.54, 1.807) is 16.4 Å². The summed E-state index contributed by atoms with van der Waals surface area (Å²) in [4.78, 5) is 0.481. The molecule has 1 aliphatic heterocycles. The van der Waals surface area contributed by atoms with E-state index in [1.807, 2.05) is 19.1 Å². The topological polar surface area (TPSA) is 37.4 Å². The third-order valence-corrected chi connectivity index (χ3v) is 7.65. The lowest BCUT2D eigenvalue weighted by molar-refractivity contribution is 0.391. The first-order valence-electron chi connectivity index (χ1n) is 7.15. The Morgan fingerprint density at radius 1 is 1.24 bits per heavy atom. The van der Waals surface area contributed by atoms with E-state index in [2.05, 4.69) is 35.9 Å². The summed E-state index contributed by atoms with van der Waals surface area (Å²) in [7, 11) is -3.43. The second-order valence-electron chi connectivity index (χ2n) is 6.49. The second kappa shape index (κ2) is 4.93. The van der Waals surface area contributed by atoms with Crippen LogP contribution in [0.1, 0.15) is 25.8 Å². The van der Waals surface area contributed by atoms with Crippen molar-refractivity contribution < 1.29 is 8.42 Å². The number of hydrogen-bond acceptors (Lipinski definition) is 2. The molecule has 0 saturated carbocycles. The number of rotatable bonds is 2. The van der Waals surface area contributed by atoms with Crippen LogP contribution in [0, 0.1) is 12.3 Å². The molecule has 2 unspecified atom stereocenters. The van der Waals surface area contributed by atoms with Gasteiger partial charge in [0.25, 0.3) is 0 Å². The van der Waals surface area contributed by atoms with Crippen LogP contribution in [0.15, 0.2) is 40.8 Å². The molecule has 114 valence electrons. The van der Waals surface area contributed by atoms with Crippen LogP contribution in [0.2, 0.25) is 0 Å². The molecule has 1 saturated heterocycles. The monoisotopic (exact) mass is 369 g/mol. The molecule has 0 radical (unpaired) electrons. The van der Waals surface area contributed by atoms with Gasteiger partial charge >= 0.3 is 0 Å². The van der Waals surface area contributed by atoms with Gasteiger partial charge < -0.3 is 0 Å². The van der Waals surface area contributed by atoms with Crippen molar-refractivity contribution in [2.45, 2.75) is 43.0 Å². The van der Waals surface area contributed by atoms with E-state index >= 15 is 0 Å². The molecular formula is C16H20BrNO2S. The summed E-state index contributed by atoms with van der Waals surface area (Å²) < 4.78 is 27.6. The molecule has 0 aromatic heterocycles. The van der Waals surface area contributed by atoms with Crippen molar-refractivity contribution in [2.24, 2.45) is 5.41 Å². The molecule has 2 bridgehead atoms. The number of aryl methyl sites for hydroxylation is 1. The van der Waals surface area contributed by atoms with Gasteiger partial charge in [0, 0.05) is 22.8 Å². The number of benzene rings is 1. The normalized spacial score (nSPS) is 33.0. The first-order valence-corrected chi connectivity index (χ1v) is 9.51. The number of sulfonamides is 1. The van der Waals surface area contributed by atoms with E-state index in [9.17, 15) is 8.42 Å². The van der Waals surface area contributed by atoms with Crippen molar-refractivity contribution >= 4 is 26.0 Å². The van der Waals surface area contributed by atoms with E-state index in [0.717, 1.165) is 12.0 Å². The number of hydrogen-bond donors (Lipinski definition) is 0. The molecule has 1 aliphatic carbocycles. The molecule has 3 rings (SSSR count). The average molecular weight is 370 g/mol. The van der Waals surface area contributed by atoms with Crippen LogP contribution in [0.3, 0.4) is 0 Å². The highest BCUT2D eigenvalue weighted by Crippen LogP contribution is 2.49. The predicted octanol–water partition coefficient (Wildman–Crippen LogP) is 3.49. The van der Waals surface area contributed by atoms with Gasteiger partial charge in [0.05, 0.1) is 4.90 Å². The molecule has 0 N–H and O–H groups in total. The standard InChI is InChI=1S/C16H20BrNO2S/c1-11-4-6-13(7-5-11)21(19,20)18-10-16(3)9-15(18)14(17)8-12(16)2/h4-8,14-15H,9-10H2,1-3H3/t14-,15?,16?/m1/s1. The Hall–Kier alpha value is -0.650. The molecule has 21 heavy (non-hydrogen) atoms. The minimum atomic E-state index is -3.43. The van der Waals surface area contributed by atoms with Gasteiger partial charge in [0.1, 0.15) is 0 Å². The zero-order valence-corrected chi connectivity index (χ0v) is 14.9. The highest BCUT2D eigenvalue weighted by molar-refractivity contribution is 9.09. The Labute approximate surface area is 135 Å². The summed E-state index contributed by atoms with van der Waals surface area (Å²) in [6.45, 7) is 6.79. The predicted molar refractivity (Wildman–Crippen MR) is 88.1 cm³/mol. The van der Waals surface area contributed by atoms with Crippen LogP contribution >= 0.6 is 15.9 Å². The smallest absolute Gasteiger partial charge is 0.207 e. The molecule has 1 heterocycles. The molecule has 0 spiro atoms. The molecule has 1 fully saturated rings. The first-order chi connectivity index (χ1) is 9.74. The Morgan fingerprint density at radius 2 is 1.86 bits per heavy atom. The van der Waals surface area contributed by atoms with Gasteiger partial charge in [-0.3, -0.25) is 0 Å². The molecule has 5 heteroatoms. The zero-order valence-electron chi connectivity index (χ0n) is 12.5. The molecule has 3 nitrogen and oxygen atoms in total. The van der Waals surface area contributed by atoms with E-state index in [1.165, 1.54) is 5.57 Å². The lowest BCUT2D eigenvalue weighted by Gasteiger charge is -2.30. The maximum absolute atomic E-state index is 13.0. The molecule has 0 amide bonds. The Morgan fingerprint density at radius 3 is 2.48 bits per heavy atom. The van der Waals surface area contributed by atoms with Crippen molar-refractivity contribution in [3.8, 4) is 0 Å². The van der Waals surface area contributed by atoms with Crippen LogP contribution in [0.4, 0.5) is 0 Å². The van der Waals surface area contributed by atoms with Crippen LogP contribution in [0.25, 0.3) is 0 Å². The van der Waals surface area contributed by atoms with E-state index in [-0.39, 0.29) is 16.3 Å². The van der Waals surface area contributed by atoms with Gasteiger partial charge in [-0.2, -0.15) is 4.31 Å². The maximum atomic E-state index is 13.0. The summed E-state index contributed by atoms with van der Waals surface area (Å²) in [5, 5.41) is 0. The Kier molecular flexibility index (Phi) is 3.58. The molecular weight excluding hydrogens is 350 g/mol. The highest BCUT2D eigenvalue weighted by Gasteiger charge is 2.51. The van der Waals surface area contributed by atoms with E-state index in [4.69, 9.17) is 0 Å². The third kappa shape index (κ3) is 2.39. The van der Waals surface area contributed by atoms with Crippen LogP contribution in [-0.4, -0.2) is 30.1 Å². The zero-order chi connectivity index (χ0) is 15.4. The van der Waals surface area contributed by atoms with Crippen molar-refractivity contribution in [2.75, 3.05) is 6.54 Å². The summed E-state index contributed by atoms with van der Waals surface area (Å²) in [5.74, 6) is 0. The second-order valence-corrected chi connectivity index (χ2v) is 9.44. The fraction of sp³-hybridized carbons (Fsp3) is 0.500. The SMILES string of the molecule is CC1=C[C@@H](Br)C2CC1(C)CN2S(=O)(=O)c1ccc(C)cc1. The number of halogens is 1. The van der Waals surface area contributed by atoms with Crippen molar-refractivity contribution in [1.29, 1.82) is 0 Å². The highest BCUT2D eigenvalue weighted by atomic mass is 79.9. The van der Waals surface area contributed by atoms with Crippen LogP contribution in [-0.2, 0) is 10.0 Å². The fourth-order valence-electron chi connectivity index (χ4n) is 3.31. The quantitative estimate of drug-likeness (QED) is 0.590. The third-order valence-electron chi connectivity index (χ3n) is 4.89. The maximum Gasteiger partial charge on any atom is 0.243 e. The average Bonchev–Trinajstić information content (AvgIpc) is 2.75. The Bertz CT molecular complexity index is 695. The van der Waals surface area contributed by atoms with Gasteiger partial charge in [0.15, 0.2) is 0 Å². The van der Waals surface area contributed by atoms with Crippen molar-refractivity contribution in [1.82, 2.24) is 4.31 Å². The molecule has 2 aliphatic rings. The van der Waals surface area contributed by atoms with Crippen LogP contribution < -0.4 is 0 Å². The summed E-state index contributed by atoms with van der Waals surface area (Å²) in [6, 6.07) is 7.13. The van der Waals surface area contributed by atoms with E-state index in [0.29, 0.717) is 11.4 Å². The van der Waals surface area contributed by atoms with Gasteiger partial charge in [0.2, 0.25) is 10.0 Å². The molecule has 1 aromatic rings.